The van der Waals surface area contributed by atoms with E-state index in [0.717, 1.165) is 31.1 Å². The predicted octanol–water partition coefficient (Wildman–Crippen LogP) is 2.28. The number of pyridine rings is 1. The van der Waals surface area contributed by atoms with E-state index < -0.39 is 0 Å². The summed E-state index contributed by atoms with van der Waals surface area (Å²) in [4.78, 5) is 19.1. The maximum Gasteiger partial charge on any atom is 0.254 e. The van der Waals surface area contributed by atoms with Gasteiger partial charge in [0.05, 0.1) is 6.61 Å². The second-order valence-corrected chi connectivity index (χ2v) is 6.38. The summed E-state index contributed by atoms with van der Waals surface area (Å²) >= 11 is 0. The first-order valence-corrected chi connectivity index (χ1v) is 7.49. The van der Waals surface area contributed by atoms with Crippen LogP contribution in [0.25, 0.3) is 0 Å². The molecule has 1 saturated heterocycles. The highest BCUT2D eigenvalue weighted by molar-refractivity contribution is 5.95. The molecule has 1 fully saturated rings. The fourth-order valence-corrected chi connectivity index (χ4v) is 2.30. The fourth-order valence-electron chi connectivity index (χ4n) is 2.30. The lowest BCUT2D eigenvalue weighted by molar-refractivity contribution is 0.0741. The van der Waals surface area contributed by atoms with E-state index in [1.165, 1.54) is 0 Å². The van der Waals surface area contributed by atoms with E-state index in [2.05, 4.69) is 31.1 Å². The van der Waals surface area contributed by atoms with Crippen LogP contribution in [0.15, 0.2) is 12.1 Å². The van der Waals surface area contributed by atoms with Crippen LogP contribution < -0.4 is 5.32 Å². The van der Waals surface area contributed by atoms with Gasteiger partial charge in [0.25, 0.3) is 5.91 Å². The number of rotatable bonds is 2. The number of carbonyl (C=O) groups excluding carboxylic acids is 1. The minimum atomic E-state index is -0.0935. The second kappa shape index (κ2) is 6.43. The molecule has 2 heterocycles. The summed E-state index contributed by atoms with van der Waals surface area (Å²) in [6.45, 7) is 9.05. The average molecular weight is 291 g/mol. The van der Waals surface area contributed by atoms with Gasteiger partial charge in [-0.05, 0) is 18.6 Å². The van der Waals surface area contributed by atoms with Crippen molar-refractivity contribution in [2.45, 2.75) is 32.6 Å². The molecule has 5 heteroatoms. The van der Waals surface area contributed by atoms with Gasteiger partial charge in [0.2, 0.25) is 0 Å². The molecule has 1 aromatic rings. The zero-order chi connectivity index (χ0) is 15.5. The van der Waals surface area contributed by atoms with Crippen molar-refractivity contribution >= 4 is 11.7 Å². The van der Waals surface area contributed by atoms with Gasteiger partial charge in [0, 0.05) is 43.4 Å². The largest absolute Gasteiger partial charge is 0.380 e. The van der Waals surface area contributed by atoms with Crippen molar-refractivity contribution in [3.63, 3.8) is 0 Å². The first kappa shape index (κ1) is 15.8. The molecule has 1 N–H and O–H groups in total. The van der Waals surface area contributed by atoms with Gasteiger partial charge in [0.1, 0.15) is 5.82 Å². The van der Waals surface area contributed by atoms with Crippen LogP contribution in [-0.4, -0.2) is 49.1 Å². The van der Waals surface area contributed by atoms with Gasteiger partial charge in [-0.25, -0.2) is 4.98 Å². The highest BCUT2D eigenvalue weighted by Crippen LogP contribution is 2.24. The van der Waals surface area contributed by atoms with E-state index in [1.807, 2.05) is 24.1 Å². The third-order valence-corrected chi connectivity index (χ3v) is 3.61. The van der Waals surface area contributed by atoms with Gasteiger partial charge in [-0.3, -0.25) is 4.79 Å². The van der Waals surface area contributed by atoms with Crippen LogP contribution >= 0.6 is 0 Å². The third kappa shape index (κ3) is 3.94. The Hall–Kier alpha value is -1.62. The molecule has 1 amide bonds. The molecule has 0 bridgehead atoms. The zero-order valence-corrected chi connectivity index (χ0v) is 13.4. The van der Waals surface area contributed by atoms with Crippen molar-refractivity contribution in [2.75, 3.05) is 38.7 Å². The Bertz CT molecular complexity index is 501. The van der Waals surface area contributed by atoms with Crippen LogP contribution in [0.5, 0.6) is 0 Å². The van der Waals surface area contributed by atoms with Gasteiger partial charge in [-0.15, -0.1) is 0 Å². The topological polar surface area (TPSA) is 54.5 Å². The van der Waals surface area contributed by atoms with E-state index in [1.54, 1.807) is 0 Å². The number of anilines is 1. The number of carbonyl (C=O) groups is 1. The summed E-state index contributed by atoms with van der Waals surface area (Å²) < 4.78 is 5.42. The first-order valence-electron chi connectivity index (χ1n) is 7.49. The molecule has 21 heavy (non-hydrogen) atoms. The molecule has 1 aromatic heterocycles. The van der Waals surface area contributed by atoms with Gasteiger partial charge in [-0.1, -0.05) is 20.8 Å². The molecular formula is C16H25N3O2. The Balaban J connectivity index is 2.31. The quantitative estimate of drug-likeness (QED) is 0.908. The molecule has 1 aliphatic heterocycles. The monoisotopic (exact) mass is 291 g/mol. The van der Waals surface area contributed by atoms with E-state index >= 15 is 0 Å². The molecule has 0 aromatic carbocycles. The first-order chi connectivity index (χ1) is 9.91. The molecule has 2 rings (SSSR count). The lowest BCUT2D eigenvalue weighted by atomic mass is 9.90. The van der Waals surface area contributed by atoms with Crippen LogP contribution in [0.1, 0.15) is 43.2 Å². The highest BCUT2D eigenvalue weighted by atomic mass is 16.5. The lowest BCUT2D eigenvalue weighted by Gasteiger charge is -2.23. The zero-order valence-electron chi connectivity index (χ0n) is 13.4. The molecule has 0 saturated carbocycles. The van der Waals surface area contributed by atoms with Gasteiger partial charge in [-0.2, -0.15) is 0 Å². The fraction of sp³-hybridized carbons (Fsp3) is 0.625. The lowest BCUT2D eigenvalue weighted by Crippen LogP contribution is -2.33. The summed E-state index contributed by atoms with van der Waals surface area (Å²) in [7, 11) is 1.82. The van der Waals surface area contributed by atoms with Crippen molar-refractivity contribution < 1.29 is 9.53 Å². The number of ether oxygens (including phenoxy) is 1. The van der Waals surface area contributed by atoms with Crippen LogP contribution in [0.3, 0.4) is 0 Å². The minimum Gasteiger partial charge on any atom is -0.380 e. The summed E-state index contributed by atoms with van der Waals surface area (Å²) in [5, 5.41) is 3.04. The minimum absolute atomic E-state index is 0.0601. The Morgan fingerprint density at radius 2 is 2.05 bits per heavy atom. The standard InChI is InChI=1S/C16H25N3O2/c1-16(2,3)13-10-12(11-14(17-4)18-13)15(20)19-6-5-8-21-9-7-19/h10-11H,5-9H2,1-4H3,(H,17,18). The second-order valence-electron chi connectivity index (χ2n) is 6.38. The van der Waals surface area contributed by atoms with Crippen molar-refractivity contribution in [1.82, 2.24) is 9.88 Å². The summed E-state index contributed by atoms with van der Waals surface area (Å²) in [5.41, 5.74) is 1.52. The van der Waals surface area contributed by atoms with Crippen LogP contribution in [-0.2, 0) is 10.2 Å². The van der Waals surface area contributed by atoms with Crippen molar-refractivity contribution in [3.05, 3.63) is 23.4 Å². The summed E-state index contributed by atoms with van der Waals surface area (Å²) in [5.74, 6) is 0.793. The van der Waals surface area contributed by atoms with E-state index in [9.17, 15) is 4.79 Å². The number of aromatic nitrogens is 1. The molecule has 0 aliphatic carbocycles. The number of nitrogens with one attached hydrogen (secondary N) is 1. The van der Waals surface area contributed by atoms with Crippen LogP contribution in [0.2, 0.25) is 0 Å². The van der Waals surface area contributed by atoms with Gasteiger partial charge < -0.3 is 15.0 Å². The van der Waals surface area contributed by atoms with E-state index in [-0.39, 0.29) is 11.3 Å². The Kier molecular flexibility index (Phi) is 4.83. The van der Waals surface area contributed by atoms with Crippen LogP contribution in [0, 0.1) is 0 Å². The van der Waals surface area contributed by atoms with E-state index in [0.29, 0.717) is 18.7 Å². The number of amides is 1. The molecule has 0 radical (unpaired) electrons. The summed E-state index contributed by atoms with van der Waals surface area (Å²) in [6.07, 6.45) is 0.891. The van der Waals surface area contributed by atoms with Crippen molar-refractivity contribution in [1.29, 1.82) is 0 Å². The summed E-state index contributed by atoms with van der Waals surface area (Å²) in [6, 6.07) is 3.73. The molecule has 5 nitrogen and oxygen atoms in total. The number of hydrogen-bond acceptors (Lipinski definition) is 4. The van der Waals surface area contributed by atoms with Gasteiger partial charge >= 0.3 is 0 Å². The average Bonchev–Trinajstić information content (AvgIpc) is 2.74. The maximum absolute atomic E-state index is 12.7. The SMILES string of the molecule is CNc1cc(C(=O)N2CCCOCC2)cc(C(C)(C)C)n1. The van der Waals surface area contributed by atoms with Gasteiger partial charge in [0.15, 0.2) is 0 Å². The Labute approximate surface area is 126 Å². The molecule has 0 spiro atoms. The smallest absolute Gasteiger partial charge is 0.254 e. The molecular weight excluding hydrogens is 266 g/mol. The molecule has 0 atom stereocenters. The molecule has 1 aliphatic rings. The van der Waals surface area contributed by atoms with Crippen molar-refractivity contribution in [3.8, 4) is 0 Å². The number of hydrogen-bond donors (Lipinski definition) is 1. The third-order valence-electron chi connectivity index (χ3n) is 3.61. The maximum atomic E-state index is 12.7. The van der Waals surface area contributed by atoms with Crippen molar-refractivity contribution in [2.24, 2.45) is 0 Å². The molecule has 0 unspecified atom stereocenters. The van der Waals surface area contributed by atoms with Crippen LogP contribution in [0.4, 0.5) is 5.82 Å². The Morgan fingerprint density at radius 1 is 1.29 bits per heavy atom. The normalized spacial score (nSPS) is 16.5. The highest BCUT2D eigenvalue weighted by Gasteiger charge is 2.22. The number of nitrogens with zero attached hydrogens (tertiary/aromatic N) is 2. The predicted molar refractivity (Wildman–Crippen MR) is 83.8 cm³/mol. The molecule has 116 valence electrons. The van der Waals surface area contributed by atoms with E-state index in [4.69, 9.17) is 4.74 Å². The Morgan fingerprint density at radius 3 is 2.71 bits per heavy atom.